The molecule has 1 heterocycles. The van der Waals surface area contributed by atoms with Crippen molar-refractivity contribution in [2.75, 3.05) is 0 Å². The molecule has 0 saturated heterocycles. The molecule has 1 aromatic heterocycles. The zero-order valence-corrected chi connectivity index (χ0v) is 9.89. The molecule has 0 N–H and O–H groups in total. The van der Waals surface area contributed by atoms with Gasteiger partial charge in [-0.15, -0.1) is 0 Å². The molecular weight excluding hydrogens is 210 g/mol. The molecule has 0 unspecified atom stereocenters. The number of rotatable bonds is 4. The Balaban J connectivity index is 2.09. The van der Waals surface area contributed by atoms with Crippen LogP contribution < -0.4 is 0 Å². The van der Waals surface area contributed by atoms with Crippen molar-refractivity contribution in [2.24, 2.45) is 0 Å². The van der Waals surface area contributed by atoms with E-state index in [9.17, 15) is 4.79 Å². The molecule has 86 valence electrons. The van der Waals surface area contributed by atoms with Crippen molar-refractivity contribution in [1.82, 2.24) is 4.98 Å². The minimum absolute atomic E-state index is 0.117. The van der Waals surface area contributed by atoms with Crippen LogP contribution in [0.15, 0.2) is 48.7 Å². The molecule has 0 saturated carbocycles. The number of hydrogen-bond donors (Lipinski definition) is 0. The molecule has 2 nitrogen and oxygen atoms in total. The fourth-order valence-electron chi connectivity index (χ4n) is 1.70. The van der Waals surface area contributed by atoms with Gasteiger partial charge in [0.2, 0.25) is 0 Å². The summed E-state index contributed by atoms with van der Waals surface area (Å²) in [6.45, 7) is 2.10. The molecule has 0 fully saturated rings. The van der Waals surface area contributed by atoms with Gasteiger partial charge in [-0.05, 0) is 24.1 Å². The Morgan fingerprint density at radius 3 is 2.47 bits per heavy atom. The second-order valence-corrected chi connectivity index (χ2v) is 3.97. The molecule has 2 aromatic rings. The van der Waals surface area contributed by atoms with Gasteiger partial charge in [-0.3, -0.25) is 9.78 Å². The molecule has 0 radical (unpaired) electrons. The van der Waals surface area contributed by atoms with E-state index in [-0.39, 0.29) is 5.78 Å². The van der Waals surface area contributed by atoms with Crippen LogP contribution in [0.2, 0.25) is 0 Å². The molecule has 0 aliphatic heterocycles. The zero-order chi connectivity index (χ0) is 12.1. The second-order valence-electron chi connectivity index (χ2n) is 3.97. The molecule has 2 heteroatoms. The molecular formula is C15H15NO. The first-order chi connectivity index (χ1) is 8.29. The van der Waals surface area contributed by atoms with Crippen molar-refractivity contribution in [2.45, 2.75) is 19.8 Å². The van der Waals surface area contributed by atoms with Crippen molar-refractivity contribution in [1.29, 1.82) is 0 Å². The molecule has 0 spiro atoms. The summed E-state index contributed by atoms with van der Waals surface area (Å²) in [6.07, 6.45) is 3.07. The maximum absolute atomic E-state index is 12.0. The Hall–Kier alpha value is -1.96. The Morgan fingerprint density at radius 2 is 1.88 bits per heavy atom. The number of nitrogens with zero attached hydrogens (tertiary/aromatic N) is 1. The van der Waals surface area contributed by atoms with E-state index in [0.29, 0.717) is 6.42 Å². The zero-order valence-electron chi connectivity index (χ0n) is 9.89. The van der Waals surface area contributed by atoms with Gasteiger partial charge < -0.3 is 0 Å². The molecule has 0 aliphatic carbocycles. The van der Waals surface area contributed by atoms with Gasteiger partial charge in [-0.25, -0.2) is 0 Å². The summed E-state index contributed by atoms with van der Waals surface area (Å²) >= 11 is 0. The minimum Gasteiger partial charge on any atom is -0.294 e. The maximum Gasteiger partial charge on any atom is 0.168 e. The van der Waals surface area contributed by atoms with Crippen LogP contribution >= 0.6 is 0 Å². The summed E-state index contributed by atoms with van der Waals surface area (Å²) in [5.41, 5.74) is 2.82. The summed E-state index contributed by atoms with van der Waals surface area (Å²) in [7, 11) is 0. The van der Waals surface area contributed by atoms with Gasteiger partial charge in [0.1, 0.15) is 0 Å². The van der Waals surface area contributed by atoms with Gasteiger partial charge >= 0.3 is 0 Å². The van der Waals surface area contributed by atoms with Gasteiger partial charge in [0.05, 0.1) is 6.42 Å². The van der Waals surface area contributed by atoms with Crippen molar-refractivity contribution in [3.63, 3.8) is 0 Å². The van der Waals surface area contributed by atoms with E-state index in [1.54, 1.807) is 6.20 Å². The van der Waals surface area contributed by atoms with Gasteiger partial charge in [0.15, 0.2) is 5.78 Å². The van der Waals surface area contributed by atoms with Crippen LogP contribution in [0, 0.1) is 0 Å². The summed E-state index contributed by atoms with van der Waals surface area (Å²) in [6, 6.07) is 13.4. The number of pyridine rings is 1. The predicted octanol–water partition coefficient (Wildman–Crippen LogP) is 3.07. The van der Waals surface area contributed by atoms with Crippen molar-refractivity contribution in [3.8, 4) is 0 Å². The average Bonchev–Trinajstić information content (AvgIpc) is 2.40. The van der Waals surface area contributed by atoms with Gasteiger partial charge in [-0.1, -0.05) is 37.3 Å². The Bertz CT molecular complexity index is 488. The van der Waals surface area contributed by atoms with Crippen LogP contribution in [-0.4, -0.2) is 10.8 Å². The molecule has 2 rings (SSSR count). The lowest BCUT2D eigenvalue weighted by Crippen LogP contribution is -2.04. The number of benzene rings is 1. The number of ketones is 1. The normalized spacial score (nSPS) is 10.2. The monoisotopic (exact) mass is 225 g/mol. The quantitative estimate of drug-likeness (QED) is 0.748. The van der Waals surface area contributed by atoms with Crippen LogP contribution in [0.3, 0.4) is 0 Å². The predicted molar refractivity (Wildman–Crippen MR) is 68.1 cm³/mol. The Labute approximate surface area is 101 Å². The van der Waals surface area contributed by atoms with E-state index in [2.05, 4.69) is 11.9 Å². The van der Waals surface area contributed by atoms with Gasteiger partial charge in [0, 0.05) is 17.5 Å². The lowest BCUT2D eigenvalue weighted by molar-refractivity contribution is 0.0992. The van der Waals surface area contributed by atoms with E-state index in [0.717, 1.165) is 17.7 Å². The first-order valence-corrected chi connectivity index (χ1v) is 5.81. The number of hydrogen-bond acceptors (Lipinski definition) is 2. The first kappa shape index (κ1) is 11.5. The molecule has 0 amide bonds. The molecule has 0 bridgehead atoms. The van der Waals surface area contributed by atoms with Crippen LogP contribution in [0.4, 0.5) is 0 Å². The third-order valence-corrected chi connectivity index (χ3v) is 2.75. The van der Waals surface area contributed by atoms with Crippen LogP contribution in [0.1, 0.15) is 28.5 Å². The Kier molecular flexibility index (Phi) is 3.66. The van der Waals surface area contributed by atoms with Crippen molar-refractivity contribution >= 4 is 5.78 Å². The van der Waals surface area contributed by atoms with Crippen LogP contribution in [0.5, 0.6) is 0 Å². The number of aromatic nitrogens is 1. The lowest BCUT2D eigenvalue weighted by atomic mass is 10.0. The van der Waals surface area contributed by atoms with Crippen molar-refractivity contribution < 1.29 is 4.79 Å². The van der Waals surface area contributed by atoms with Crippen LogP contribution in [-0.2, 0) is 12.8 Å². The lowest BCUT2D eigenvalue weighted by Gasteiger charge is -2.02. The largest absolute Gasteiger partial charge is 0.294 e. The second kappa shape index (κ2) is 5.39. The van der Waals surface area contributed by atoms with E-state index in [1.165, 1.54) is 5.56 Å². The maximum atomic E-state index is 12.0. The summed E-state index contributed by atoms with van der Waals surface area (Å²) in [5.74, 6) is 0.117. The third kappa shape index (κ3) is 3.00. The van der Waals surface area contributed by atoms with E-state index in [4.69, 9.17) is 0 Å². The number of Topliss-reactive ketones (excluding diaryl/α,β-unsaturated/α-hetero) is 1. The van der Waals surface area contributed by atoms with Gasteiger partial charge in [-0.2, -0.15) is 0 Å². The summed E-state index contributed by atoms with van der Waals surface area (Å²) in [5, 5.41) is 0. The summed E-state index contributed by atoms with van der Waals surface area (Å²) < 4.78 is 0. The Morgan fingerprint density at radius 1 is 1.12 bits per heavy atom. The van der Waals surface area contributed by atoms with E-state index >= 15 is 0 Å². The highest BCUT2D eigenvalue weighted by Crippen LogP contribution is 2.08. The van der Waals surface area contributed by atoms with E-state index in [1.807, 2.05) is 42.5 Å². The fourth-order valence-corrected chi connectivity index (χ4v) is 1.70. The summed E-state index contributed by atoms with van der Waals surface area (Å²) in [4.78, 5) is 16.1. The topological polar surface area (TPSA) is 30.0 Å². The minimum atomic E-state index is 0.117. The van der Waals surface area contributed by atoms with E-state index < -0.39 is 0 Å². The highest BCUT2D eigenvalue weighted by Gasteiger charge is 2.07. The highest BCUT2D eigenvalue weighted by molar-refractivity contribution is 5.97. The average molecular weight is 225 g/mol. The first-order valence-electron chi connectivity index (χ1n) is 5.81. The number of aryl methyl sites for hydroxylation is 1. The number of carbonyl (C=O) groups excluding carboxylic acids is 1. The SMILES string of the molecule is CCc1ccc(C(=O)Cc2ccccn2)cc1. The fraction of sp³-hybridized carbons (Fsp3) is 0.200. The smallest absolute Gasteiger partial charge is 0.168 e. The van der Waals surface area contributed by atoms with Crippen LogP contribution in [0.25, 0.3) is 0 Å². The molecule has 0 atom stereocenters. The standard InChI is InChI=1S/C15H15NO/c1-2-12-6-8-13(9-7-12)15(17)11-14-5-3-4-10-16-14/h3-10H,2,11H2,1H3. The van der Waals surface area contributed by atoms with Crippen molar-refractivity contribution in [3.05, 3.63) is 65.5 Å². The van der Waals surface area contributed by atoms with Gasteiger partial charge in [0.25, 0.3) is 0 Å². The third-order valence-electron chi connectivity index (χ3n) is 2.75. The molecule has 1 aromatic carbocycles. The highest BCUT2D eigenvalue weighted by atomic mass is 16.1. The molecule has 0 aliphatic rings. The number of carbonyl (C=O) groups is 1. The molecule has 17 heavy (non-hydrogen) atoms.